The summed E-state index contributed by atoms with van der Waals surface area (Å²) in [6.45, 7) is 12.7. The summed E-state index contributed by atoms with van der Waals surface area (Å²) in [5, 5.41) is 15.8. The Balaban J connectivity index is 2.46. The maximum absolute atomic E-state index is 12.0. The van der Waals surface area contributed by atoms with Crippen LogP contribution in [-0.4, -0.2) is 66.5 Å². The van der Waals surface area contributed by atoms with Crippen LogP contribution in [0.2, 0.25) is 0 Å². The van der Waals surface area contributed by atoms with Gasteiger partial charge in [-0.2, -0.15) is 0 Å². The van der Waals surface area contributed by atoms with Gasteiger partial charge in [-0.25, -0.2) is 4.79 Å². The second-order valence-corrected chi connectivity index (χ2v) is 7.61. The van der Waals surface area contributed by atoms with Gasteiger partial charge in [0.25, 0.3) is 0 Å². The highest BCUT2D eigenvalue weighted by molar-refractivity contribution is 5.80. The number of carbonyl (C=O) groups excluding carboxylic acids is 1. The fourth-order valence-electron chi connectivity index (χ4n) is 2.70. The molecule has 0 spiro atoms. The average molecular weight is 357 g/mol. The zero-order chi connectivity index (χ0) is 18.9. The molecule has 1 amide bonds. The van der Waals surface area contributed by atoms with E-state index in [1.54, 1.807) is 4.90 Å². The Morgan fingerprint density at radius 2 is 2.00 bits per heavy atom. The molecule has 0 aromatic carbocycles. The smallest absolute Gasteiger partial charge is 0.410 e. The van der Waals surface area contributed by atoms with Crippen LogP contribution in [-0.2, 0) is 4.74 Å². The van der Waals surface area contributed by atoms with E-state index in [0.29, 0.717) is 25.6 Å². The van der Waals surface area contributed by atoms with E-state index in [1.807, 2.05) is 27.7 Å². The first-order valence-electron chi connectivity index (χ1n) is 9.42. The van der Waals surface area contributed by atoms with Gasteiger partial charge in [-0.1, -0.05) is 13.3 Å². The van der Waals surface area contributed by atoms with Crippen LogP contribution in [0, 0.1) is 5.92 Å². The van der Waals surface area contributed by atoms with Crippen LogP contribution < -0.4 is 10.6 Å². The molecule has 25 heavy (non-hydrogen) atoms. The van der Waals surface area contributed by atoms with Crippen molar-refractivity contribution in [3.63, 3.8) is 0 Å². The number of aliphatic imine (C=N–C) groups is 1. The van der Waals surface area contributed by atoms with Gasteiger partial charge in [0.05, 0.1) is 6.04 Å². The Hall–Kier alpha value is -1.50. The van der Waals surface area contributed by atoms with E-state index in [4.69, 9.17) is 9.84 Å². The molecule has 1 fully saturated rings. The van der Waals surface area contributed by atoms with Gasteiger partial charge in [-0.05, 0) is 46.5 Å². The van der Waals surface area contributed by atoms with Gasteiger partial charge >= 0.3 is 6.09 Å². The second-order valence-electron chi connectivity index (χ2n) is 7.61. The van der Waals surface area contributed by atoms with Crippen molar-refractivity contribution in [1.29, 1.82) is 0 Å². The van der Waals surface area contributed by atoms with Crippen LogP contribution in [0.15, 0.2) is 4.99 Å². The number of nitrogens with zero attached hydrogens (tertiary/aromatic N) is 2. The summed E-state index contributed by atoms with van der Waals surface area (Å²) in [6.07, 6.45) is 2.68. The van der Waals surface area contributed by atoms with Crippen molar-refractivity contribution in [1.82, 2.24) is 15.5 Å². The molecule has 1 rings (SSSR count). The molecule has 7 heteroatoms. The van der Waals surface area contributed by atoms with E-state index in [2.05, 4.69) is 22.5 Å². The molecule has 0 aromatic heterocycles. The molecule has 1 heterocycles. The standard InChI is InChI=1S/C18H36N4O3/c1-6-8-14(9-10-23)11-20-16(19-7-2)21-15-12-22(13-15)17(24)25-18(3,4)5/h14-15,23H,6-13H2,1-5H3,(H2,19,20,21). The van der Waals surface area contributed by atoms with Gasteiger partial charge in [0.1, 0.15) is 5.60 Å². The largest absolute Gasteiger partial charge is 0.444 e. The van der Waals surface area contributed by atoms with E-state index < -0.39 is 5.60 Å². The van der Waals surface area contributed by atoms with Crippen molar-refractivity contribution >= 4 is 12.1 Å². The van der Waals surface area contributed by atoms with Gasteiger partial charge in [0, 0.05) is 32.8 Å². The zero-order valence-electron chi connectivity index (χ0n) is 16.5. The molecule has 1 aliphatic rings. The van der Waals surface area contributed by atoms with Crippen molar-refractivity contribution in [2.75, 3.05) is 32.8 Å². The van der Waals surface area contributed by atoms with Crippen molar-refractivity contribution in [3.8, 4) is 0 Å². The Kier molecular flexibility index (Phi) is 9.03. The third kappa shape index (κ3) is 8.43. The fraction of sp³-hybridized carbons (Fsp3) is 0.889. The van der Waals surface area contributed by atoms with Crippen molar-refractivity contribution in [2.45, 2.75) is 65.5 Å². The summed E-state index contributed by atoms with van der Waals surface area (Å²) in [7, 11) is 0. The minimum Gasteiger partial charge on any atom is -0.444 e. The minimum atomic E-state index is -0.465. The predicted molar refractivity (Wildman–Crippen MR) is 101 cm³/mol. The van der Waals surface area contributed by atoms with Crippen LogP contribution in [0.4, 0.5) is 4.79 Å². The normalized spacial score (nSPS) is 17.0. The van der Waals surface area contributed by atoms with Crippen LogP contribution in [0.25, 0.3) is 0 Å². The molecule has 1 saturated heterocycles. The molecule has 146 valence electrons. The van der Waals surface area contributed by atoms with Gasteiger partial charge in [0.15, 0.2) is 5.96 Å². The molecule has 0 bridgehead atoms. The summed E-state index contributed by atoms with van der Waals surface area (Å²) in [5.41, 5.74) is -0.465. The topological polar surface area (TPSA) is 86.2 Å². The lowest BCUT2D eigenvalue weighted by molar-refractivity contribution is 0.00700. The van der Waals surface area contributed by atoms with E-state index >= 15 is 0 Å². The lowest BCUT2D eigenvalue weighted by atomic mass is 10.0. The summed E-state index contributed by atoms with van der Waals surface area (Å²) in [5.74, 6) is 1.18. The van der Waals surface area contributed by atoms with Gasteiger partial charge < -0.3 is 25.4 Å². The number of guanidine groups is 1. The van der Waals surface area contributed by atoms with Gasteiger partial charge in [0.2, 0.25) is 0 Å². The maximum Gasteiger partial charge on any atom is 0.410 e. The van der Waals surface area contributed by atoms with Crippen molar-refractivity contribution < 1.29 is 14.6 Å². The number of amides is 1. The Labute approximate surface area is 152 Å². The number of ether oxygens (including phenoxy) is 1. The van der Waals surface area contributed by atoms with E-state index in [1.165, 1.54) is 0 Å². The number of carbonyl (C=O) groups is 1. The Morgan fingerprint density at radius 1 is 1.32 bits per heavy atom. The van der Waals surface area contributed by atoms with E-state index in [9.17, 15) is 4.79 Å². The number of hydrogen-bond acceptors (Lipinski definition) is 4. The summed E-state index contributed by atoms with van der Waals surface area (Å²) >= 11 is 0. The molecule has 1 aliphatic heterocycles. The molecular weight excluding hydrogens is 320 g/mol. The SMILES string of the molecule is CCCC(CCO)CN=C(NCC)NC1CN(C(=O)OC(C)(C)C)C1. The highest BCUT2D eigenvalue weighted by Gasteiger charge is 2.34. The molecule has 0 aliphatic carbocycles. The zero-order valence-corrected chi connectivity index (χ0v) is 16.5. The summed E-state index contributed by atoms with van der Waals surface area (Å²) in [4.78, 5) is 18.3. The molecular formula is C18H36N4O3. The maximum atomic E-state index is 12.0. The lowest BCUT2D eigenvalue weighted by Crippen LogP contribution is -2.63. The molecule has 0 saturated carbocycles. The molecule has 7 nitrogen and oxygen atoms in total. The Morgan fingerprint density at radius 3 is 2.52 bits per heavy atom. The minimum absolute atomic E-state index is 0.188. The number of aliphatic hydroxyl groups is 1. The summed E-state index contributed by atoms with van der Waals surface area (Å²) < 4.78 is 5.36. The van der Waals surface area contributed by atoms with Crippen LogP contribution in [0.5, 0.6) is 0 Å². The second kappa shape index (κ2) is 10.5. The first kappa shape index (κ1) is 21.5. The highest BCUT2D eigenvalue weighted by Crippen LogP contribution is 2.15. The average Bonchev–Trinajstić information content (AvgIpc) is 2.46. The quantitative estimate of drug-likeness (QED) is 0.457. The van der Waals surface area contributed by atoms with Crippen LogP contribution in [0.1, 0.15) is 53.9 Å². The fourth-order valence-corrected chi connectivity index (χ4v) is 2.70. The first-order chi connectivity index (χ1) is 11.8. The van der Waals surface area contributed by atoms with E-state index in [-0.39, 0.29) is 18.7 Å². The third-order valence-electron chi connectivity index (χ3n) is 3.96. The highest BCUT2D eigenvalue weighted by atomic mass is 16.6. The molecule has 3 N–H and O–H groups in total. The molecule has 1 atom stereocenters. The number of aliphatic hydroxyl groups excluding tert-OH is 1. The number of hydrogen-bond donors (Lipinski definition) is 3. The van der Waals surface area contributed by atoms with Crippen LogP contribution in [0.3, 0.4) is 0 Å². The molecule has 0 radical (unpaired) electrons. The van der Waals surface area contributed by atoms with Gasteiger partial charge in [-0.15, -0.1) is 0 Å². The molecule has 1 unspecified atom stereocenters. The first-order valence-corrected chi connectivity index (χ1v) is 9.42. The van der Waals surface area contributed by atoms with E-state index in [0.717, 1.165) is 31.8 Å². The molecule has 0 aromatic rings. The van der Waals surface area contributed by atoms with Crippen molar-refractivity contribution in [3.05, 3.63) is 0 Å². The third-order valence-corrected chi connectivity index (χ3v) is 3.96. The van der Waals surface area contributed by atoms with Gasteiger partial charge in [-0.3, -0.25) is 4.99 Å². The predicted octanol–water partition coefficient (Wildman–Crippen LogP) is 1.96. The summed E-state index contributed by atoms with van der Waals surface area (Å²) in [6, 6.07) is 0.188. The number of rotatable bonds is 8. The Bertz CT molecular complexity index is 423. The number of likely N-dealkylation sites (tertiary alicyclic amines) is 1. The van der Waals surface area contributed by atoms with Crippen LogP contribution >= 0.6 is 0 Å². The monoisotopic (exact) mass is 356 g/mol. The lowest BCUT2D eigenvalue weighted by Gasteiger charge is -2.40. The number of nitrogens with one attached hydrogen (secondary N) is 2. The van der Waals surface area contributed by atoms with Crippen molar-refractivity contribution in [2.24, 2.45) is 10.9 Å².